The highest BCUT2D eigenvalue weighted by Gasteiger charge is 2.46. The molecule has 0 unspecified atom stereocenters. The van der Waals surface area contributed by atoms with Gasteiger partial charge in [0.25, 0.3) is 11.7 Å². The van der Waals surface area contributed by atoms with Gasteiger partial charge in [-0.2, -0.15) is 0 Å². The summed E-state index contributed by atoms with van der Waals surface area (Å²) in [7, 11) is 1.55. The van der Waals surface area contributed by atoms with Crippen molar-refractivity contribution in [2.75, 3.05) is 13.7 Å². The zero-order valence-corrected chi connectivity index (χ0v) is 18.4. The Morgan fingerprint density at radius 1 is 1.03 bits per heavy atom. The minimum Gasteiger partial charge on any atom is -0.507 e. The molecule has 1 aliphatic heterocycles. The van der Waals surface area contributed by atoms with E-state index in [0.29, 0.717) is 29.2 Å². The Hall–Kier alpha value is -4.13. The number of carbonyl (C=O) groups is 2. The van der Waals surface area contributed by atoms with Crippen LogP contribution in [0.5, 0.6) is 11.5 Å². The molecular formula is C26H24N2O5. The third-order valence-corrected chi connectivity index (χ3v) is 5.49. The van der Waals surface area contributed by atoms with Crippen LogP contribution in [0.15, 0.2) is 78.6 Å². The lowest BCUT2D eigenvalue weighted by Gasteiger charge is -2.25. The van der Waals surface area contributed by atoms with E-state index < -0.39 is 17.7 Å². The highest BCUT2D eigenvalue weighted by molar-refractivity contribution is 6.46. The van der Waals surface area contributed by atoms with Crippen molar-refractivity contribution in [3.8, 4) is 11.5 Å². The second kappa shape index (κ2) is 9.56. The molecule has 0 saturated carbocycles. The topological polar surface area (TPSA) is 89.0 Å². The number of Topliss-reactive ketones (excluding diaryl/α,β-unsaturated/α-hetero) is 1. The number of aromatic nitrogens is 1. The molecule has 1 aromatic heterocycles. The maximum Gasteiger partial charge on any atom is 0.295 e. The maximum absolute atomic E-state index is 13.1. The van der Waals surface area contributed by atoms with Crippen molar-refractivity contribution in [2.24, 2.45) is 0 Å². The molecule has 1 saturated heterocycles. The summed E-state index contributed by atoms with van der Waals surface area (Å²) in [5.41, 5.74) is 1.93. The van der Waals surface area contributed by atoms with Gasteiger partial charge in [0, 0.05) is 24.5 Å². The van der Waals surface area contributed by atoms with Crippen LogP contribution in [-0.4, -0.2) is 40.4 Å². The first-order valence-electron chi connectivity index (χ1n) is 10.6. The molecule has 1 atom stereocenters. The predicted molar refractivity (Wildman–Crippen MR) is 123 cm³/mol. The summed E-state index contributed by atoms with van der Waals surface area (Å²) in [5, 5.41) is 11.1. The van der Waals surface area contributed by atoms with Crippen LogP contribution in [0.25, 0.3) is 5.76 Å². The monoisotopic (exact) mass is 444 g/mol. The van der Waals surface area contributed by atoms with E-state index in [-0.39, 0.29) is 17.9 Å². The highest BCUT2D eigenvalue weighted by Crippen LogP contribution is 2.40. The van der Waals surface area contributed by atoms with Crippen LogP contribution in [-0.2, 0) is 16.1 Å². The Morgan fingerprint density at radius 2 is 1.73 bits per heavy atom. The lowest BCUT2D eigenvalue weighted by molar-refractivity contribution is -0.140. The van der Waals surface area contributed by atoms with Gasteiger partial charge in [-0.1, -0.05) is 18.2 Å². The van der Waals surface area contributed by atoms with Gasteiger partial charge in [0.15, 0.2) is 0 Å². The summed E-state index contributed by atoms with van der Waals surface area (Å²) < 4.78 is 10.7. The molecule has 7 heteroatoms. The average Bonchev–Trinajstić information content (AvgIpc) is 3.10. The number of nitrogens with zero attached hydrogens (tertiary/aromatic N) is 2. The van der Waals surface area contributed by atoms with Crippen molar-refractivity contribution in [2.45, 2.75) is 19.5 Å². The molecule has 2 heterocycles. The van der Waals surface area contributed by atoms with Crippen molar-refractivity contribution in [1.82, 2.24) is 9.88 Å². The normalized spacial score (nSPS) is 17.3. The zero-order chi connectivity index (χ0) is 23.4. The number of carbonyl (C=O) groups excluding carboxylic acids is 2. The second-order valence-electron chi connectivity index (χ2n) is 7.52. The van der Waals surface area contributed by atoms with Crippen molar-refractivity contribution < 1.29 is 24.2 Å². The average molecular weight is 444 g/mol. The molecule has 0 radical (unpaired) electrons. The molecule has 0 spiro atoms. The minimum atomic E-state index is -0.761. The fraction of sp³-hybridized carbons (Fsp3) is 0.192. The van der Waals surface area contributed by atoms with Gasteiger partial charge in [-0.3, -0.25) is 14.6 Å². The molecule has 0 aliphatic carbocycles. The molecule has 4 rings (SSSR count). The van der Waals surface area contributed by atoms with Crippen molar-refractivity contribution in [3.05, 3.63) is 95.3 Å². The number of amides is 1. The molecule has 1 N–H and O–H groups in total. The van der Waals surface area contributed by atoms with Gasteiger partial charge in [0.05, 0.1) is 25.3 Å². The molecule has 168 valence electrons. The number of rotatable bonds is 7. The second-order valence-corrected chi connectivity index (χ2v) is 7.52. The summed E-state index contributed by atoms with van der Waals surface area (Å²) in [6, 6.07) is 16.7. The third-order valence-electron chi connectivity index (χ3n) is 5.49. The van der Waals surface area contributed by atoms with Gasteiger partial charge < -0.3 is 19.5 Å². The van der Waals surface area contributed by atoms with Gasteiger partial charge in [-0.05, 0) is 60.5 Å². The third kappa shape index (κ3) is 4.43. The molecule has 1 fully saturated rings. The number of ether oxygens (including phenoxy) is 2. The van der Waals surface area contributed by atoms with Crippen LogP contribution in [0, 0.1) is 0 Å². The predicted octanol–water partition coefficient (Wildman–Crippen LogP) is 4.11. The Kier molecular flexibility index (Phi) is 6.40. The molecule has 3 aromatic rings. The van der Waals surface area contributed by atoms with Crippen molar-refractivity contribution >= 4 is 17.4 Å². The van der Waals surface area contributed by atoms with Crippen LogP contribution >= 0.6 is 0 Å². The lowest BCUT2D eigenvalue weighted by Crippen LogP contribution is -2.29. The highest BCUT2D eigenvalue weighted by atomic mass is 16.5. The van der Waals surface area contributed by atoms with Gasteiger partial charge >= 0.3 is 0 Å². The number of aliphatic hydroxyl groups is 1. The number of methoxy groups -OCH3 is 1. The summed E-state index contributed by atoms with van der Waals surface area (Å²) in [4.78, 5) is 31.8. The Balaban J connectivity index is 1.81. The summed E-state index contributed by atoms with van der Waals surface area (Å²) >= 11 is 0. The quantitative estimate of drug-likeness (QED) is 0.335. The molecule has 1 aliphatic rings. The number of pyridine rings is 1. The molecule has 2 aromatic carbocycles. The number of benzene rings is 2. The smallest absolute Gasteiger partial charge is 0.295 e. The van der Waals surface area contributed by atoms with E-state index in [9.17, 15) is 14.7 Å². The number of hydrogen-bond donors (Lipinski definition) is 1. The van der Waals surface area contributed by atoms with E-state index in [1.54, 1.807) is 74.1 Å². The van der Waals surface area contributed by atoms with Crippen molar-refractivity contribution in [3.63, 3.8) is 0 Å². The lowest BCUT2D eigenvalue weighted by atomic mass is 9.95. The summed E-state index contributed by atoms with van der Waals surface area (Å²) in [6.45, 7) is 2.59. The fourth-order valence-corrected chi connectivity index (χ4v) is 3.90. The van der Waals surface area contributed by atoms with Gasteiger partial charge in [0.2, 0.25) is 0 Å². The first kappa shape index (κ1) is 22.1. The Labute approximate surface area is 191 Å². The van der Waals surface area contributed by atoms with Crippen LogP contribution in [0.3, 0.4) is 0 Å². The van der Waals surface area contributed by atoms with E-state index in [4.69, 9.17) is 9.47 Å². The van der Waals surface area contributed by atoms with Crippen LogP contribution in [0.2, 0.25) is 0 Å². The Bertz CT molecular complexity index is 1170. The standard InChI is InChI=1S/C26H24N2O5/c1-3-33-21-12-6-18(7-13-21)23-22(24(29)19-8-10-20(32-2)11-9-19)25(30)26(31)28(23)16-17-5-4-14-27-15-17/h4-15,23,29H,3,16H2,1-2H3/t23-/m1/s1. The minimum absolute atomic E-state index is 0.0400. The summed E-state index contributed by atoms with van der Waals surface area (Å²) in [6.07, 6.45) is 3.29. The van der Waals surface area contributed by atoms with E-state index in [0.717, 1.165) is 5.56 Å². The number of hydrogen-bond acceptors (Lipinski definition) is 6. The summed E-state index contributed by atoms with van der Waals surface area (Å²) in [5.74, 6) is -0.338. The molecule has 33 heavy (non-hydrogen) atoms. The van der Waals surface area contributed by atoms with Gasteiger partial charge in [-0.15, -0.1) is 0 Å². The van der Waals surface area contributed by atoms with Gasteiger partial charge in [-0.25, -0.2) is 0 Å². The molecule has 7 nitrogen and oxygen atoms in total. The number of likely N-dealkylation sites (tertiary alicyclic amines) is 1. The van der Waals surface area contributed by atoms with Crippen LogP contribution < -0.4 is 9.47 Å². The van der Waals surface area contributed by atoms with E-state index in [1.807, 2.05) is 13.0 Å². The van der Waals surface area contributed by atoms with E-state index >= 15 is 0 Å². The largest absolute Gasteiger partial charge is 0.507 e. The first-order chi connectivity index (χ1) is 16.0. The molecular weight excluding hydrogens is 420 g/mol. The van der Waals surface area contributed by atoms with E-state index in [1.165, 1.54) is 4.90 Å². The SMILES string of the molecule is CCOc1ccc([C@@H]2C(=C(O)c3ccc(OC)cc3)C(=O)C(=O)N2Cc2cccnc2)cc1. The zero-order valence-electron chi connectivity index (χ0n) is 18.4. The van der Waals surface area contributed by atoms with E-state index in [2.05, 4.69) is 4.98 Å². The maximum atomic E-state index is 13.1. The fourth-order valence-electron chi connectivity index (χ4n) is 3.90. The van der Waals surface area contributed by atoms with Crippen LogP contribution in [0.1, 0.15) is 29.7 Å². The number of ketones is 1. The number of aliphatic hydroxyl groups excluding tert-OH is 1. The van der Waals surface area contributed by atoms with Crippen molar-refractivity contribution in [1.29, 1.82) is 0 Å². The first-order valence-corrected chi connectivity index (χ1v) is 10.6. The molecule has 0 bridgehead atoms. The van der Waals surface area contributed by atoms with Gasteiger partial charge in [0.1, 0.15) is 17.3 Å². The Morgan fingerprint density at radius 3 is 2.33 bits per heavy atom. The molecule has 1 amide bonds. The van der Waals surface area contributed by atoms with Crippen LogP contribution in [0.4, 0.5) is 0 Å².